The molecule has 2 aromatic rings. The third kappa shape index (κ3) is 1.10. The van der Waals surface area contributed by atoms with Crippen molar-refractivity contribution in [3.05, 3.63) is 29.6 Å². The van der Waals surface area contributed by atoms with Crippen LogP contribution in [0.4, 0.5) is 11.4 Å². The standard InChI is InChI=1S/C9H10N4O/c1-11-8-3-2-7(10)6-4-5-12-13(14)9(6)8/h2-5,11H,10H2,1H3. The number of aromatic nitrogens is 2. The lowest BCUT2D eigenvalue weighted by Crippen LogP contribution is -2.32. The van der Waals surface area contributed by atoms with Gasteiger partial charge in [-0.1, -0.05) is 0 Å². The van der Waals surface area contributed by atoms with E-state index in [1.54, 1.807) is 25.2 Å². The predicted octanol–water partition coefficient (Wildman–Crippen LogP) is 0.492. The van der Waals surface area contributed by atoms with Gasteiger partial charge in [-0.3, -0.25) is 0 Å². The average molecular weight is 190 g/mol. The molecule has 3 N–H and O–H groups in total. The molecule has 0 radical (unpaired) electrons. The van der Waals surface area contributed by atoms with Crippen LogP contribution in [0.2, 0.25) is 0 Å². The Morgan fingerprint density at radius 3 is 2.93 bits per heavy atom. The van der Waals surface area contributed by atoms with Gasteiger partial charge in [-0.05, 0) is 23.0 Å². The zero-order chi connectivity index (χ0) is 10.1. The van der Waals surface area contributed by atoms with Gasteiger partial charge < -0.3 is 16.3 Å². The Kier molecular flexibility index (Phi) is 1.85. The van der Waals surface area contributed by atoms with Gasteiger partial charge in [-0.25, -0.2) is 0 Å². The number of hydrogen-bond acceptors (Lipinski definition) is 4. The van der Waals surface area contributed by atoms with Crippen LogP contribution in [0.1, 0.15) is 0 Å². The number of nitrogens with two attached hydrogens (primary N) is 1. The molecule has 72 valence electrons. The molecule has 0 saturated carbocycles. The minimum absolute atomic E-state index is 0.468. The van der Waals surface area contributed by atoms with Gasteiger partial charge in [-0.2, -0.15) is 0 Å². The van der Waals surface area contributed by atoms with Crippen molar-refractivity contribution >= 4 is 22.3 Å². The molecule has 0 fully saturated rings. The van der Waals surface area contributed by atoms with Gasteiger partial charge in [0.15, 0.2) is 0 Å². The summed E-state index contributed by atoms with van der Waals surface area (Å²) in [4.78, 5) is 0.567. The van der Waals surface area contributed by atoms with Crippen molar-refractivity contribution < 1.29 is 4.85 Å². The van der Waals surface area contributed by atoms with Gasteiger partial charge in [0.25, 0.3) is 5.52 Å². The SMILES string of the molecule is CNc1ccc(N)c2ccn[n+]([O-])c12. The summed E-state index contributed by atoms with van der Waals surface area (Å²) < 4.78 is 0. The second-order valence-corrected chi connectivity index (χ2v) is 2.92. The second-order valence-electron chi connectivity index (χ2n) is 2.92. The van der Waals surface area contributed by atoms with E-state index in [0.717, 1.165) is 5.69 Å². The maximum Gasteiger partial charge on any atom is 0.277 e. The van der Waals surface area contributed by atoms with Gasteiger partial charge in [0.2, 0.25) is 0 Å². The monoisotopic (exact) mass is 190 g/mol. The smallest absolute Gasteiger partial charge is 0.277 e. The molecule has 0 aliphatic rings. The topological polar surface area (TPSA) is 77.9 Å². The van der Waals surface area contributed by atoms with E-state index < -0.39 is 0 Å². The van der Waals surface area contributed by atoms with Crippen molar-refractivity contribution in [3.8, 4) is 0 Å². The van der Waals surface area contributed by atoms with Gasteiger partial charge in [0.1, 0.15) is 5.69 Å². The molecular formula is C9H10N4O. The van der Waals surface area contributed by atoms with E-state index in [2.05, 4.69) is 10.4 Å². The van der Waals surface area contributed by atoms with Gasteiger partial charge in [0, 0.05) is 17.8 Å². The molecule has 0 atom stereocenters. The maximum absolute atomic E-state index is 11.4. The molecule has 0 unspecified atom stereocenters. The normalized spacial score (nSPS) is 10.4. The summed E-state index contributed by atoms with van der Waals surface area (Å²) in [5.74, 6) is 0. The Labute approximate surface area is 80.7 Å². The number of nitrogen functional groups attached to an aromatic ring is 1. The molecule has 0 saturated heterocycles. The molecule has 1 aromatic heterocycles. The molecule has 0 aliphatic carbocycles. The minimum atomic E-state index is 0.468. The molecular weight excluding hydrogens is 180 g/mol. The Hall–Kier alpha value is -2.04. The fraction of sp³-hybridized carbons (Fsp3) is 0.111. The zero-order valence-electron chi connectivity index (χ0n) is 7.69. The van der Waals surface area contributed by atoms with Crippen molar-refractivity contribution in [1.82, 2.24) is 5.10 Å². The van der Waals surface area contributed by atoms with Crippen LogP contribution in [0, 0.1) is 5.21 Å². The number of hydrogen-bond donors (Lipinski definition) is 2. The third-order valence-electron chi connectivity index (χ3n) is 2.12. The zero-order valence-corrected chi connectivity index (χ0v) is 7.69. The Morgan fingerprint density at radius 1 is 1.43 bits per heavy atom. The summed E-state index contributed by atoms with van der Waals surface area (Å²) in [6.07, 6.45) is 1.44. The predicted molar refractivity (Wildman–Crippen MR) is 54.7 cm³/mol. The summed E-state index contributed by atoms with van der Waals surface area (Å²) in [5.41, 5.74) is 7.50. The van der Waals surface area contributed by atoms with Crippen LogP contribution in [-0.2, 0) is 0 Å². The first-order valence-corrected chi connectivity index (χ1v) is 4.19. The van der Waals surface area contributed by atoms with Crippen molar-refractivity contribution in [2.45, 2.75) is 0 Å². The first kappa shape index (κ1) is 8.55. The van der Waals surface area contributed by atoms with Crippen LogP contribution in [0.15, 0.2) is 24.4 Å². The number of rotatable bonds is 1. The average Bonchev–Trinajstić information content (AvgIpc) is 2.20. The van der Waals surface area contributed by atoms with Crippen LogP contribution >= 0.6 is 0 Å². The molecule has 1 aromatic carbocycles. The largest absolute Gasteiger partial charge is 0.594 e. The van der Waals surface area contributed by atoms with E-state index in [4.69, 9.17) is 5.73 Å². The van der Waals surface area contributed by atoms with Gasteiger partial charge in [0.05, 0.1) is 11.6 Å². The molecule has 5 heteroatoms. The Bertz CT molecular complexity index is 483. The molecule has 0 aliphatic heterocycles. The summed E-state index contributed by atoms with van der Waals surface area (Å²) >= 11 is 0. The maximum atomic E-state index is 11.4. The highest BCUT2D eigenvalue weighted by atomic mass is 16.5. The molecule has 1 heterocycles. The molecule has 2 rings (SSSR count). The van der Waals surface area contributed by atoms with E-state index in [-0.39, 0.29) is 0 Å². The van der Waals surface area contributed by atoms with Crippen LogP contribution < -0.4 is 15.9 Å². The fourth-order valence-electron chi connectivity index (χ4n) is 1.43. The van der Waals surface area contributed by atoms with E-state index in [9.17, 15) is 5.21 Å². The van der Waals surface area contributed by atoms with Crippen LogP contribution in [0.25, 0.3) is 10.9 Å². The van der Waals surface area contributed by atoms with Crippen molar-refractivity contribution in [3.63, 3.8) is 0 Å². The number of nitrogens with one attached hydrogen (secondary N) is 1. The lowest BCUT2D eigenvalue weighted by atomic mass is 10.1. The number of nitrogens with zero attached hydrogens (tertiary/aromatic N) is 2. The van der Waals surface area contributed by atoms with E-state index in [1.807, 2.05) is 0 Å². The van der Waals surface area contributed by atoms with Crippen LogP contribution in [0.3, 0.4) is 0 Å². The number of benzene rings is 1. The summed E-state index contributed by atoms with van der Waals surface area (Å²) in [7, 11) is 1.75. The summed E-state index contributed by atoms with van der Waals surface area (Å²) in [5, 5.41) is 18.7. The lowest BCUT2D eigenvalue weighted by molar-refractivity contribution is -0.642. The number of anilines is 2. The van der Waals surface area contributed by atoms with E-state index >= 15 is 0 Å². The van der Waals surface area contributed by atoms with E-state index in [0.29, 0.717) is 21.4 Å². The number of fused-ring (bicyclic) bond motifs is 1. The fourth-order valence-corrected chi connectivity index (χ4v) is 1.43. The van der Waals surface area contributed by atoms with Crippen molar-refractivity contribution in [2.24, 2.45) is 0 Å². The first-order chi connectivity index (χ1) is 6.74. The highest BCUT2D eigenvalue weighted by Crippen LogP contribution is 2.24. The molecule has 5 nitrogen and oxygen atoms in total. The first-order valence-electron chi connectivity index (χ1n) is 4.19. The quantitative estimate of drug-likeness (QED) is 0.390. The van der Waals surface area contributed by atoms with Gasteiger partial charge >= 0.3 is 0 Å². The van der Waals surface area contributed by atoms with Crippen LogP contribution in [0.5, 0.6) is 0 Å². The Balaban J connectivity index is 2.92. The third-order valence-corrected chi connectivity index (χ3v) is 2.12. The summed E-state index contributed by atoms with van der Waals surface area (Å²) in [6.45, 7) is 0. The minimum Gasteiger partial charge on any atom is -0.594 e. The van der Waals surface area contributed by atoms with E-state index in [1.165, 1.54) is 6.20 Å². The highest BCUT2D eigenvalue weighted by Gasteiger charge is 2.12. The molecule has 0 amide bonds. The molecule has 0 bridgehead atoms. The molecule has 0 spiro atoms. The molecule has 14 heavy (non-hydrogen) atoms. The Morgan fingerprint density at radius 2 is 2.21 bits per heavy atom. The summed E-state index contributed by atoms with van der Waals surface area (Å²) in [6, 6.07) is 5.24. The van der Waals surface area contributed by atoms with Crippen LogP contribution in [-0.4, -0.2) is 12.1 Å². The van der Waals surface area contributed by atoms with Crippen molar-refractivity contribution in [2.75, 3.05) is 18.1 Å². The van der Waals surface area contributed by atoms with Crippen molar-refractivity contribution in [1.29, 1.82) is 0 Å². The highest BCUT2D eigenvalue weighted by molar-refractivity contribution is 5.95. The second kappa shape index (κ2) is 3.02. The lowest BCUT2D eigenvalue weighted by Gasteiger charge is -2.05. The van der Waals surface area contributed by atoms with Gasteiger partial charge in [-0.15, -0.1) is 0 Å².